The Morgan fingerprint density at radius 3 is 2.67 bits per heavy atom. The number of rotatable bonds is 4. The van der Waals surface area contributed by atoms with E-state index in [1.54, 1.807) is 0 Å². The van der Waals surface area contributed by atoms with Crippen LogP contribution in [-0.4, -0.2) is 16.1 Å². The van der Waals surface area contributed by atoms with E-state index < -0.39 is 0 Å². The standard InChI is InChI=1S/C11H19N3O/c1-5-9-6-10(14-13-9)12-11(15)8(4)7(2)3/h6-8H,5H2,1-4H3,(H2,12,13,14,15). The van der Waals surface area contributed by atoms with E-state index in [2.05, 4.69) is 15.5 Å². The third kappa shape index (κ3) is 3.08. The molecule has 84 valence electrons. The molecule has 1 rings (SSSR count). The second kappa shape index (κ2) is 4.96. The average molecular weight is 209 g/mol. The van der Waals surface area contributed by atoms with Gasteiger partial charge in [0.1, 0.15) is 0 Å². The average Bonchev–Trinajstić information content (AvgIpc) is 2.64. The predicted octanol–water partition coefficient (Wildman–Crippen LogP) is 2.20. The van der Waals surface area contributed by atoms with Gasteiger partial charge in [-0.25, -0.2) is 0 Å². The summed E-state index contributed by atoms with van der Waals surface area (Å²) in [5, 5.41) is 9.67. The normalized spacial score (nSPS) is 12.9. The first-order valence-corrected chi connectivity index (χ1v) is 5.39. The van der Waals surface area contributed by atoms with Crippen molar-refractivity contribution in [2.75, 3.05) is 5.32 Å². The molecular formula is C11H19N3O. The van der Waals surface area contributed by atoms with E-state index in [4.69, 9.17) is 0 Å². The molecule has 4 heteroatoms. The molecule has 4 nitrogen and oxygen atoms in total. The van der Waals surface area contributed by atoms with E-state index >= 15 is 0 Å². The van der Waals surface area contributed by atoms with Crippen LogP contribution in [0, 0.1) is 11.8 Å². The molecule has 1 unspecified atom stereocenters. The summed E-state index contributed by atoms with van der Waals surface area (Å²) >= 11 is 0. The molecule has 0 aliphatic carbocycles. The minimum atomic E-state index is 0.00627. The Hall–Kier alpha value is -1.32. The summed E-state index contributed by atoms with van der Waals surface area (Å²) in [7, 11) is 0. The third-order valence-corrected chi connectivity index (χ3v) is 2.68. The van der Waals surface area contributed by atoms with Gasteiger partial charge in [0.25, 0.3) is 0 Å². The first kappa shape index (κ1) is 11.8. The molecule has 0 saturated heterocycles. The van der Waals surface area contributed by atoms with E-state index in [-0.39, 0.29) is 11.8 Å². The predicted molar refractivity (Wildman–Crippen MR) is 60.6 cm³/mol. The maximum absolute atomic E-state index is 11.7. The summed E-state index contributed by atoms with van der Waals surface area (Å²) in [4.78, 5) is 11.7. The van der Waals surface area contributed by atoms with Gasteiger partial charge in [-0.3, -0.25) is 9.89 Å². The molecule has 1 heterocycles. The molecule has 1 amide bonds. The highest BCUT2D eigenvalue weighted by molar-refractivity contribution is 5.91. The Bertz CT molecular complexity index is 330. The Morgan fingerprint density at radius 1 is 1.53 bits per heavy atom. The van der Waals surface area contributed by atoms with Gasteiger partial charge in [-0.15, -0.1) is 0 Å². The molecule has 0 spiro atoms. The summed E-state index contributed by atoms with van der Waals surface area (Å²) in [5.74, 6) is 0.991. The number of amides is 1. The lowest BCUT2D eigenvalue weighted by Crippen LogP contribution is -2.24. The summed E-state index contributed by atoms with van der Waals surface area (Å²) < 4.78 is 0. The zero-order valence-corrected chi connectivity index (χ0v) is 9.79. The van der Waals surface area contributed by atoms with Crippen molar-refractivity contribution in [3.05, 3.63) is 11.8 Å². The van der Waals surface area contributed by atoms with Gasteiger partial charge in [0.2, 0.25) is 5.91 Å². The van der Waals surface area contributed by atoms with E-state index in [1.807, 2.05) is 33.8 Å². The summed E-state index contributed by atoms with van der Waals surface area (Å²) in [5.41, 5.74) is 1.03. The molecular weight excluding hydrogens is 190 g/mol. The van der Waals surface area contributed by atoms with Crippen LogP contribution in [0.25, 0.3) is 0 Å². The van der Waals surface area contributed by atoms with Gasteiger partial charge in [-0.2, -0.15) is 5.10 Å². The first-order chi connectivity index (χ1) is 7.04. The number of aromatic nitrogens is 2. The summed E-state index contributed by atoms with van der Waals surface area (Å²) in [6.45, 7) is 8.03. The van der Waals surface area contributed by atoms with Crippen LogP contribution in [0.3, 0.4) is 0 Å². The van der Waals surface area contributed by atoms with Crippen molar-refractivity contribution in [1.82, 2.24) is 10.2 Å². The molecule has 15 heavy (non-hydrogen) atoms. The number of H-pyrrole nitrogens is 1. The third-order valence-electron chi connectivity index (χ3n) is 2.68. The number of anilines is 1. The lowest BCUT2D eigenvalue weighted by molar-refractivity contribution is -0.120. The minimum Gasteiger partial charge on any atom is -0.309 e. The molecule has 0 aromatic carbocycles. The van der Waals surface area contributed by atoms with Crippen LogP contribution in [0.15, 0.2) is 6.07 Å². The van der Waals surface area contributed by atoms with Gasteiger partial charge in [0.05, 0.1) is 0 Å². The zero-order valence-electron chi connectivity index (χ0n) is 9.79. The number of nitrogens with zero attached hydrogens (tertiary/aromatic N) is 1. The number of hydrogen-bond donors (Lipinski definition) is 2. The van der Waals surface area contributed by atoms with Crippen molar-refractivity contribution in [2.45, 2.75) is 34.1 Å². The quantitative estimate of drug-likeness (QED) is 0.798. The van der Waals surface area contributed by atoms with Gasteiger partial charge >= 0.3 is 0 Å². The molecule has 0 fully saturated rings. The van der Waals surface area contributed by atoms with Crippen LogP contribution in [0.5, 0.6) is 0 Å². The van der Waals surface area contributed by atoms with Crippen molar-refractivity contribution in [1.29, 1.82) is 0 Å². The number of aryl methyl sites for hydroxylation is 1. The molecule has 1 aromatic heterocycles. The fraction of sp³-hybridized carbons (Fsp3) is 0.636. The van der Waals surface area contributed by atoms with Crippen molar-refractivity contribution in [3.8, 4) is 0 Å². The second-order valence-electron chi connectivity index (χ2n) is 4.15. The number of aromatic amines is 1. The minimum absolute atomic E-state index is 0.00627. The van der Waals surface area contributed by atoms with Crippen molar-refractivity contribution >= 4 is 11.7 Å². The Labute approximate surface area is 90.5 Å². The van der Waals surface area contributed by atoms with Gasteiger partial charge in [-0.05, 0) is 12.3 Å². The summed E-state index contributed by atoms with van der Waals surface area (Å²) in [6, 6.07) is 1.87. The highest BCUT2D eigenvalue weighted by Gasteiger charge is 2.17. The molecule has 0 radical (unpaired) electrons. The van der Waals surface area contributed by atoms with Crippen molar-refractivity contribution < 1.29 is 4.79 Å². The molecule has 0 aliphatic heterocycles. The van der Waals surface area contributed by atoms with Gasteiger partial charge in [0.15, 0.2) is 5.82 Å². The van der Waals surface area contributed by atoms with Crippen LogP contribution in [0.4, 0.5) is 5.82 Å². The fourth-order valence-corrected chi connectivity index (χ4v) is 1.15. The molecule has 1 aromatic rings. The molecule has 0 saturated carbocycles. The van der Waals surface area contributed by atoms with E-state index in [0.29, 0.717) is 11.7 Å². The number of hydrogen-bond acceptors (Lipinski definition) is 2. The molecule has 2 N–H and O–H groups in total. The van der Waals surface area contributed by atoms with E-state index in [1.165, 1.54) is 0 Å². The fourth-order valence-electron chi connectivity index (χ4n) is 1.15. The van der Waals surface area contributed by atoms with Crippen LogP contribution >= 0.6 is 0 Å². The number of carbonyl (C=O) groups is 1. The largest absolute Gasteiger partial charge is 0.309 e. The van der Waals surface area contributed by atoms with Crippen LogP contribution in [0.1, 0.15) is 33.4 Å². The molecule has 0 bridgehead atoms. The SMILES string of the molecule is CCc1cc(NC(=O)C(C)C(C)C)n[nH]1. The topological polar surface area (TPSA) is 57.8 Å². The zero-order chi connectivity index (χ0) is 11.4. The van der Waals surface area contributed by atoms with Crippen LogP contribution in [-0.2, 0) is 11.2 Å². The van der Waals surface area contributed by atoms with Crippen LogP contribution < -0.4 is 5.32 Å². The highest BCUT2D eigenvalue weighted by Crippen LogP contribution is 2.13. The smallest absolute Gasteiger partial charge is 0.228 e. The van der Waals surface area contributed by atoms with E-state index in [9.17, 15) is 4.79 Å². The Kier molecular flexibility index (Phi) is 3.88. The highest BCUT2D eigenvalue weighted by atomic mass is 16.1. The molecule has 0 aliphatic rings. The lowest BCUT2D eigenvalue weighted by atomic mass is 9.97. The van der Waals surface area contributed by atoms with Crippen molar-refractivity contribution in [3.63, 3.8) is 0 Å². The second-order valence-corrected chi connectivity index (χ2v) is 4.15. The van der Waals surface area contributed by atoms with Crippen LogP contribution in [0.2, 0.25) is 0 Å². The summed E-state index contributed by atoms with van der Waals surface area (Å²) in [6.07, 6.45) is 0.891. The number of nitrogens with one attached hydrogen (secondary N) is 2. The maximum atomic E-state index is 11.7. The van der Waals surface area contributed by atoms with E-state index in [0.717, 1.165) is 12.1 Å². The lowest BCUT2D eigenvalue weighted by Gasteiger charge is -2.13. The van der Waals surface area contributed by atoms with Crippen molar-refractivity contribution in [2.24, 2.45) is 11.8 Å². The Balaban J connectivity index is 2.58. The molecule has 1 atom stereocenters. The van der Waals surface area contributed by atoms with Gasteiger partial charge in [-0.1, -0.05) is 27.7 Å². The van der Waals surface area contributed by atoms with Gasteiger partial charge in [0, 0.05) is 17.7 Å². The first-order valence-electron chi connectivity index (χ1n) is 5.39. The number of carbonyl (C=O) groups excluding carboxylic acids is 1. The van der Waals surface area contributed by atoms with Gasteiger partial charge < -0.3 is 5.32 Å². The maximum Gasteiger partial charge on any atom is 0.228 e. The Morgan fingerprint density at radius 2 is 2.20 bits per heavy atom. The monoisotopic (exact) mass is 209 g/mol.